The van der Waals surface area contributed by atoms with Crippen LogP contribution in [0.15, 0.2) is 34.9 Å². The smallest absolute Gasteiger partial charge is 0.416 e. The minimum atomic E-state index is -4.54. The zero-order valence-corrected chi connectivity index (χ0v) is 17.4. The maximum absolute atomic E-state index is 13.0. The van der Waals surface area contributed by atoms with Crippen LogP contribution in [0.5, 0.6) is 0 Å². The average molecular weight is 425 g/mol. The van der Waals surface area contributed by atoms with Crippen LogP contribution >= 0.6 is 0 Å². The third-order valence-electron chi connectivity index (χ3n) is 4.90. The summed E-state index contributed by atoms with van der Waals surface area (Å²) in [5.74, 6) is -0.831. The van der Waals surface area contributed by atoms with Gasteiger partial charge in [-0.2, -0.15) is 13.2 Å². The maximum atomic E-state index is 13.0. The molecule has 0 fully saturated rings. The van der Waals surface area contributed by atoms with Crippen molar-refractivity contribution in [3.63, 3.8) is 0 Å². The number of carbonyl (C=O) groups excluding carboxylic acids is 2. The summed E-state index contributed by atoms with van der Waals surface area (Å²) in [6, 6.07) is 3.98. The Morgan fingerprint density at radius 2 is 1.90 bits per heavy atom. The first-order valence-electron chi connectivity index (χ1n) is 9.80. The molecule has 2 atom stereocenters. The predicted molar refractivity (Wildman–Crippen MR) is 105 cm³/mol. The van der Waals surface area contributed by atoms with E-state index in [4.69, 9.17) is 4.42 Å². The lowest BCUT2D eigenvalue weighted by molar-refractivity contribution is -0.137. The van der Waals surface area contributed by atoms with Crippen LogP contribution in [0, 0.1) is 0 Å². The van der Waals surface area contributed by atoms with Crippen LogP contribution in [-0.4, -0.2) is 33.8 Å². The van der Waals surface area contributed by atoms with Gasteiger partial charge in [0.05, 0.1) is 12.1 Å². The lowest BCUT2D eigenvalue weighted by atomic mass is 10.1. The van der Waals surface area contributed by atoms with E-state index < -0.39 is 23.6 Å². The number of rotatable bonds is 8. The Kier molecular flexibility index (Phi) is 7.64. The molecule has 0 bridgehead atoms. The first kappa shape index (κ1) is 23.4. The van der Waals surface area contributed by atoms with Gasteiger partial charge in [-0.25, -0.2) is 4.98 Å². The number of halogens is 3. The Balaban J connectivity index is 2.23. The van der Waals surface area contributed by atoms with Crippen molar-refractivity contribution in [2.24, 2.45) is 0 Å². The molecule has 0 spiro atoms. The van der Waals surface area contributed by atoms with Gasteiger partial charge in [0.25, 0.3) is 11.8 Å². The second-order valence-corrected chi connectivity index (χ2v) is 7.18. The molecule has 1 aromatic heterocycles. The lowest BCUT2D eigenvalue weighted by Gasteiger charge is -2.27. The zero-order chi connectivity index (χ0) is 22.5. The molecule has 30 heavy (non-hydrogen) atoms. The second kappa shape index (κ2) is 9.77. The molecule has 0 radical (unpaired) electrons. The zero-order valence-electron chi connectivity index (χ0n) is 17.4. The Hall–Kier alpha value is -2.84. The number of nitrogens with one attached hydrogen (secondary N) is 1. The van der Waals surface area contributed by atoms with Crippen molar-refractivity contribution in [1.29, 1.82) is 0 Å². The number of nitrogens with zero attached hydrogens (tertiary/aromatic N) is 2. The van der Waals surface area contributed by atoms with Crippen LogP contribution in [0.25, 0.3) is 0 Å². The number of alkyl halides is 3. The molecule has 1 heterocycles. The normalized spacial score (nSPS) is 13.6. The molecule has 2 amide bonds. The Bertz CT molecular complexity index is 880. The van der Waals surface area contributed by atoms with Gasteiger partial charge in [-0.1, -0.05) is 19.9 Å². The first-order chi connectivity index (χ1) is 14.1. The van der Waals surface area contributed by atoms with Crippen LogP contribution < -0.4 is 5.32 Å². The summed E-state index contributed by atoms with van der Waals surface area (Å²) in [7, 11) is 0. The van der Waals surface area contributed by atoms with Crippen molar-refractivity contribution in [3.8, 4) is 0 Å². The van der Waals surface area contributed by atoms with Gasteiger partial charge in [-0.3, -0.25) is 9.59 Å². The van der Waals surface area contributed by atoms with Crippen molar-refractivity contribution in [1.82, 2.24) is 15.2 Å². The molecule has 0 aliphatic heterocycles. The van der Waals surface area contributed by atoms with Crippen LogP contribution in [0.1, 0.15) is 72.8 Å². The Morgan fingerprint density at radius 3 is 2.50 bits per heavy atom. The van der Waals surface area contributed by atoms with E-state index in [-0.39, 0.29) is 35.8 Å². The predicted octanol–water partition coefficient (Wildman–Crippen LogP) is 4.66. The van der Waals surface area contributed by atoms with E-state index >= 15 is 0 Å². The molecule has 2 aromatic rings. The fourth-order valence-corrected chi connectivity index (χ4v) is 2.68. The van der Waals surface area contributed by atoms with Crippen molar-refractivity contribution < 1.29 is 27.2 Å². The maximum Gasteiger partial charge on any atom is 0.416 e. The number of oxazole rings is 1. The summed E-state index contributed by atoms with van der Waals surface area (Å²) < 4.78 is 44.4. The highest BCUT2D eigenvalue weighted by molar-refractivity contribution is 5.94. The molecule has 0 aliphatic rings. The minimum absolute atomic E-state index is 0.0308. The molecule has 9 heteroatoms. The summed E-state index contributed by atoms with van der Waals surface area (Å²) in [4.78, 5) is 30.7. The fraction of sp³-hybridized carbons (Fsp3) is 0.476. The van der Waals surface area contributed by atoms with Gasteiger partial charge < -0.3 is 14.6 Å². The highest BCUT2D eigenvalue weighted by Crippen LogP contribution is 2.30. The highest BCUT2D eigenvalue weighted by Gasteiger charge is 2.32. The van der Waals surface area contributed by atoms with Gasteiger partial charge in [0.15, 0.2) is 5.69 Å². The quantitative estimate of drug-likeness (QED) is 0.667. The largest absolute Gasteiger partial charge is 0.446 e. The molecule has 0 unspecified atom stereocenters. The van der Waals surface area contributed by atoms with E-state index in [0.717, 1.165) is 18.6 Å². The molecule has 6 nitrogen and oxygen atoms in total. The molecule has 0 aliphatic carbocycles. The van der Waals surface area contributed by atoms with E-state index in [1.165, 1.54) is 23.3 Å². The Morgan fingerprint density at radius 1 is 1.20 bits per heavy atom. The monoisotopic (exact) mass is 425 g/mol. The van der Waals surface area contributed by atoms with E-state index in [0.29, 0.717) is 6.42 Å². The number of aromatic nitrogens is 1. The standard InChI is InChI=1S/C21H26F3N3O3/c1-5-13(3)25-19(28)17-12-30-18(26-17)11-27(14(4)6-2)20(29)15-8-7-9-16(10-15)21(22,23)24/h7-10,12-14H,5-6,11H2,1-4H3,(H,25,28)/t13-,14-/m0/s1. The van der Waals surface area contributed by atoms with E-state index in [9.17, 15) is 22.8 Å². The summed E-state index contributed by atoms with van der Waals surface area (Å²) in [6.45, 7) is 7.36. The molecule has 1 N–H and O–H groups in total. The van der Waals surface area contributed by atoms with Gasteiger partial charge in [-0.05, 0) is 44.9 Å². The number of amides is 2. The second-order valence-electron chi connectivity index (χ2n) is 7.18. The van der Waals surface area contributed by atoms with E-state index in [2.05, 4.69) is 10.3 Å². The van der Waals surface area contributed by atoms with E-state index in [1.807, 2.05) is 20.8 Å². The summed E-state index contributed by atoms with van der Waals surface area (Å²) in [5, 5.41) is 2.77. The highest BCUT2D eigenvalue weighted by atomic mass is 19.4. The molecule has 1 aromatic carbocycles. The van der Waals surface area contributed by atoms with Crippen LogP contribution in [0.3, 0.4) is 0 Å². The number of hydrogen-bond acceptors (Lipinski definition) is 4. The van der Waals surface area contributed by atoms with Crippen molar-refractivity contribution in [3.05, 3.63) is 53.2 Å². The van der Waals surface area contributed by atoms with Crippen molar-refractivity contribution in [2.45, 2.75) is 65.3 Å². The van der Waals surface area contributed by atoms with Gasteiger partial charge in [0.2, 0.25) is 5.89 Å². The SMILES string of the molecule is CC[C@H](C)NC(=O)c1coc(CN(C(=O)c2cccc(C(F)(F)F)c2)[C@@H](C)CC)n1. The van der Waals surface area contributed by atoms with E-state index in [1.54, 1.807) is 6.92 Å². The Labute approximate surface area is 173 Å². The van der Waals surface area contributed by atoms with Crippen LogP contribution in [0.2, 0.25) is 0 Å². The molecule has 0 saturated carbocycles. The summed E-state index contributed by atoms with van der Waals surface area (Å²) >= 11 is 0. The molecule has 164 valence electrons. The average Bonchev–Trinajstić information content (AvgIpc) is 3.19. The summed E-state index contributed by atoms with van der Waals surface area (Å²) in [5.41, 5.74) is -0.884. The van der Waals surface area contributed by atoms with Crippen LogP contribution in [0.4, 0.5) is 13.2 Å². The topological polar surface area (TPSA) is 75.4 Å². The third kappa shape index (κ3) is 5.84. The summed E-state index contributed by atoms with van der Waals surface area (Å²) in [6.07, 6.45) is -2.01. The van der Waals surface area contributed by atoms with Gasteiger partial charge in [0, 0.05) is 17.6 Å². The molecular formula is C21H26F3N3O3. The molecule has 2 rings (SSSR count). The van der Waals surface area contributed by atoms with Gasteiger partial charge in [-0.15, -0.1) is 0 Å². The number of hydrogen-bond donors (Lipinski definition) is 1. The molecule has 0 saturated heterocycles. The number of benzene rings is 1. The van der Waals surface area contributed by atoms with Crippen molar-refractivity contribution in [2.75, 3.05) is 0 Å². The number of carbonyl (C=O) groups is 2. The van der Waals surface area contributed by atoms with Gasteiger partial charge in [0.1, 0.15) is 6.26 Å². The van der Waals surface area contributed by atoms with Gasteiger partial charge >= 0.3 is 6.18 Å². The lowest BCUT2D eigenvalue weighted by Crippen LogP contribution is -2.38. The van der Waals surface area contributed by atoms with Crippen LogP contribution in [-0.2, 0) is 12.7 Å². The third-order valence-corrected chi connectivity index (χ3v) is 4.90. The minimum Gasteiger partial charge on any atom is -0.446 e. The molecular weight excluding hydrogens is 399 g/mol. The first-order valence-corrected chi connectivity index (χ1v) is 9.80. The van der Waals surface area contributed by atoms with Crippen molar-refractivity contribution >= 4 is 11.8 Å². The fourth-order valence-electron chi connectivity index (χ4n) is 2.68.